The smallest absolute Gasteiger partial charge is 0.253 e. The van der Waals surface area contributed by atoms with Crippen LogP contribution in [0.2, 0.25) is 0 Å². The Morgan fingerprint density at radius 3 is 2.37 bits per heavy atom. The van der Waals surface area contributed by atoms with Crippen molar-refractivity contribution in [2.24, 2.45) is 17.6 Å². The van der Waals surface area contributed by atoms with Gasteiger partial charge in [-0.15, -0.1) is 11.3 Å². The zero-order valence-electron chi connectivity index (χ0n) is 23.5. The van der Waals surface area contributed by atoms with Crippen molar-refractivity contribution in [1.29, 1.82) is 0 Å². The molecule has 0 saturated carbocycles. The molecule has 0 saturated heterocycles. The molecule has 2 rings (SSSR count). The van der Waals surface area contributed by atoms with Crippen molar-refractivity contribution in [2.45, 2.75) is 78.8 Å². The van der Waals surface area contributed by atoms with Gasteiger partial charge in [0.15, 0.2) is 0 Å². The molecule has 0 radical (unpaired) electrons. The lowest BCUT2D eigenvalue weighted by atomic mass is 9.94. The van der Waals surface area contributed by atoms with E-state index >= 15 is 0 Å². The Labute approximate surface area is 231 Å². The Balaban J connectivity index is 2.15. The van der Waals surface area contributed by atoms with Gasteiger partial charge in [-0.3, -0.25) is 14.4 Å². The van der Waals surface area contributed by atoms with Gasteiger partial charge in [0.05, 0.1) is 11.0 Å². The molecule has 2 aromatic rings. The second-order valence-corrected chi connectivity index (χ2v) is 11.1. The maximum Gasteiger partial charge on any atom is 0.253 e. The number of amides is 3. The molecule has 9 heteroatoms. The highest BCUT2D eigenvalue weighted by Gasteiger charge is 2.27. The largest absolute Gasteiger partial charge is 0.356 e. The minimum absolute atomic E-state index is 0.0324. The molecule has 0 bridgehead atoms. The van der Waals surface area contributed by atoms with Crippen LogP contribution in [0.3, 0.4) is 0 Å². The third kappa shape index (κ3) is 9.83. The molecule has 1 aromatic carbocycles. The SMILES string of the molecule is CCCN(CCC)C(=O)c1cccc(C(=O)N[C@@H](Cc2nccs2)[C@@H](N)C[C@@H](C)C(=O)NC[C@@H](C)CC)c1. The summed E-state index contributed by atoms with van der Waals surface area (Å²) in [5.74, 6) is -0.293. The molecule has 1 heterocycles. The number of thiazole rings is 1. The van der Waals surface area contributed by atoms with Crippen molar-refractivity contribution in [1.82, 2.24) is 20.5 Å². The summed E-state index contributed by atoms with van der Waals surface area (Å²) in [6, 6.07) is 5.95. The van der Waals surface area contributed by atoms with E-state index in [-0.39, 0.29) is 23.6 Å². The molecule has 8 nitrogen and oxygen atoms in total. The van der Waals surface area contributed by atoms with Crippen molar-refractivity contribution >= 4 is 29.1 Å². The third-order valence-corrected chi connectivity index (χ3v) is 7.55. The second kappa shape index (κ2) is 16.2. The van der Waals surface area contributed by atoms with Crippen LogP contribution >= 0.6 is 11.3 Å². The lowest BCUT2D eigenvalue weighted by Gasteiger charge is -2.27. The number of carbonyl (C=O) groups excluding carboxylic acids is 3. The second-order valence-electron chi connectivity index (χ2n) is 10.1. The first-order valence-corrected chi connectivity index (χ1v) is 14.7. The van der Waals surface area contributed by atoms with E-state index in [0.29, 0.717) is 49.5 Å². The first-order valence-electron chi connectivity index (χ1n) is 13.8. The van der Waals surface area contributed by atoms with Crippen LogP contribution in [0, 0.1) is 11.8 Å². The van der Waals surface area contributed by atoms with E-state index in [0.717, 1.165) is 24.3 Å². The molecule has 210 valence electrons. The predicted molar refractivity (Wildman–Crippen MR) is 154 cm³/mol. The van der Waals surface area contributed by atoms with Crippen molar-refractivity contribution in [3.8, 4) is 0 Å². The van der Waals surface area contributed by atoms with Crippen molar-refractivity contribution < 1.29 is 14.4 Å². The maximum atomic E-state index is 13.3. The molecule has 0 unspecified atom stereocenters. The fourth-order valence-electron chi connectivity index (χ4n) is 4.21. The molecule has 0 aliphatic rings. The Morgan fingerprint density at radius 2 is 1.76 bits per heavy atom. The molecular formula is C29H45N5O3S. The lowest BCUT2D eigenvalue weighted by Crippen LogP contribution is -2.50. The highest BCUT2D eigenvalue weighted by Crippen LogP contribution is 2.16. The number of benzene rings is 1. The molecule has 38 heavy (non-hydrogen) atoms. The fourth-order valence-corrected chi connectivity index (χ4v) is 4.88. The first-order chi connectivity index (χ1) is 18.2. The van der Waals surface area contributed by atoms with Crippen LogP contribution in [0.1, 0.15) is 86.0 Å². The quantitative estimate of drug-likeness (QED) is 0.292. The minimum atomic E-state index is -0.457. The van der Waals surface area contributed by atoms with Gasteiger partial charge in [0.1, 0.15) is 0 Å². The molecule has 3 amide bonds. The van der Waals surface area contributed by atoms with Gasteiger partial charge in [-0.2, -0.15) is 0 Å². The predicted octanol–water partition coefficient (Wildman–Crippen LogP) is 4.26. The highest BCUT2D eigenvalue weighted by atomic mass is 32.1. The van der Waals surface area contributed by atoms with E-state index in [1.165, 1.54) is 11.3 Å². The van der Waals surface area contributed by atoms with Crippen LogP contribution in [-0.4, -0.2) is 59.3 Å². The summed E-state index contributed by atoms with van der Waals surface area (Å²) >= 11 is 1.50. The van der Waals surface area contributed by atoms with E-state index in [1.54, 1.807) is 30.5 Å². The van der Waals surface area contributed by atoms with Gasteiger partial charge in [-0.25, -0.2) is 4.98 Å². The normalized spacial score (nSPS) is 14.3. The monoisotopic (exact) mass is 543 g/mol. The number of hydrogen-bond acceptors (Lipinski definition) is 6. The molecule has 4 N–H and O–H groups in total. The van der Waals surface area contributed by atoms with Crippen LogP contribution in [0.5, 0.6) is 0 Å². The van der Waals surface area contributed by atoms with E-state index in [1.807, 2.05) is 31.1 Å². The maximum absolute atomic E-state index is 13.3. The summed E-state index contributed by atoms with van der Waals surface area (Å²) in [7, 11) is 0. The summed E-state index contributed by atoms with van der Waals surface area (Å²) in [4.78, 5) is 45.2. The number of carbonyl (C=O) groups is 3. The number of nitrogens with two attached hydrogens (primary N) is 1. The third-order valence-electron chi connectivity index (χ3n) is 6.75. The zero-order chi connectivity index (χ0) is 28.1. The molecule has 0 aliphatic heterocycles. The number of rotatable bonds is 16. The van der Waals surface area contributed by atoms with Crippen molar-refractivity contribution in [3.05, 3.63) is 52.0 Å². The van der Waals surface area contributed by atoms with Crippen molar-refractivity contribution in [3.63, 3.8) is 0 Å². The Morgan fingerprint density at radius 1 is 1.08 bits per heavy atom. The van der Waals surface area contributed by atoms with Crippen LogP contribution in [0.4, 0.5) is 0 Å². The summed E-state index contributed by atoms with van der Waals surface area (Å²) < 4.78 is 0. The van der Waals surface area contributed by atoms with E-state index in [9.17, 15) is 14.4 Å². The van der Waals surface area contributed by atoms with Gasteiger partial charge < -0.3 is 21.3 Å². The molecule has 4 atom stereocenters. The average Bonchev–Trinajstić information content (AvgIpc) is 3.43. The fraction of sp³-hybridized carbons (Fsp3) is 0.586. The standard InChI is InChI=1S/C29H45N5O3S/c1-6-13-34(14-7-2)29(37)23-11-9-10-22(17-23)28(36)33-25(18-26-31-12-15-38-26)24(30)16-21(5)27(35)32-19-20(4)8-3/h9-12,15,17,20-21,24-25H,6-8,13-14,16,18-19,30H2,1-5H3,(H,32,35)(H,33,36)/t20-,21+,24-,25-/m0/s1. The Hall–Kier alpha value is -2.78. The molecule has 0 spiro atoms. The van der Waals surface area contributed by atoms with Crippen LogP contribution < -0.4 is 16.4 Å². The zero-order valence-corrected chi connectivity index (χ0v) is 24.4. The van der Waals surface area contributed by atoms with E-state index in [4.69, 9.17) is 5.73 Å². The van der Waals surface area contributed by atoms with Gasteiger partial charge in [0.2, 0.25) is 5.91 Å². The Bertz CT molecular complexity index is 1010. The highest BCUT2D eigenvalue weighted by molar-refractivity contribution is 7.09. The van der Waals surface area contributed by atoms with Gasteiger partial charge >= 0.3 is 0 Å². The van der Waals surface area contributed by atoms with Crippen molar-refractivity contribution in [2.75, 3.05) is 19.6 Å². The molecule has 0 fully saturated rings. The Kier molecular flexibility index (Phi) is 13.4. The number of nitrogens with zero attached hydrogens (tertiary/aromatic N) is 2. The number of hydrogen-bond donors (Lipinski definition) is 3. The van der Waals surface area contributed by atoms with Crippen LogP contribution in [-0.2, 0) is 11.2 Å². The summed E-state index contributed by atoms with van der Waals surface area (Å²) in [6.45, 7) is 12.1. The van der Waals surface area contributed by atoms with Gasteiger partial charge in [-0.05, 0) is 43.4 Å². The first kappa shape index (κ1) is 31.4. The van der Waals surface area contributed by atoms with Crippen LogP contribution in [0.15, 0.2) is 35.8 Å². The number of aromatic nitrogens is 1. The topological polar surface area (TPSA) is 117 Å². The lowest BCUT2D eigenvalue weighted by molar-refractivity contribution is -0.125. The molecule has 1 aromatic heterocycles. The summed E-state index contributed by atoms with van der Waals surface area (Å²) in [6.07, 6.45) is 5.35. The van der Waals surface area contributed by atoms with Crippen LogP contribution in [0.25, 0.3) is 0 Å². The minimum Gasteiger partial charge on any atom is -0.356 e. The van der Waals surface area contributed by atoms with E-state index in [2.05, 4.69) is 29.5 Å². The summed E-state index contributed by atoms with van der Waals surface area (Å²) in [5.41, 5.74) is 7.48. The van der Waals surface area contributed by atoms with E-state index < -0.39 is 12.1 Å². The molecular weight excluding hydrogens is 498 g/mol. The summed E-state index contributed by atoms with van der Waals surface area (Å²) in [5, 5.41) is 8.82. The van der Waals surface area contributed by atoms with Gasteiger partial charge in [0.25, 0.3) is 11.8 Å². The average molecular weight is 544 g/mol. The van der Waals surface area contributed by atoms with Gasteiger partial charge in [-0.1, -0.05) is 47.1 Å². The molecule has 0 aliphatic carbocycles. The van der Waals surface area contributed by atoms with Gasteiger partial charge in [0, 0.05) is 60.7 Å². The number of nitrogens with one attached hydrogen (secondary N) is 2.